The Labute approximate surface area is 275 Å². The minimum absolute atomic E-state index is 0.157. The Bertz CT molecular complexity index is 1630. The molecular formula is C35H43ClN8O2. The number of non-ortho nitro benzene ring substituents is 1. The van der Waals surface area contributed by atoms with E-state index in [0.29, 0.717) is 17.0 Å². The zero-order chi connectivity index (χ0) is 31.5. The van der Waals surface area contributed by atoms with E-state index in [1.54, 1.807) is 18.3 Å². The number of likely N-dealkylation sites (tertiary alicyclic amines) is 2. The maximum absolute atomic E-state index is 11.0. The molecule has 5 heterocycles. The van der Waals surface area contributed by atoms with Crippen molar-refractivity contribution in [1.29, 1.82) is 0 Å². The molecule has 11 heteroatoms. The number of rotatable bonds is 10. The number of H-pyrrole nitrogens is 1. The van der Waals surface area contributed by atoms with E-state index in [1.807, 2.05) is 30.5 Å². The minimum atomic E-state index is -0.333. The van der Waals surface area contributed by atoms with Gasteiger partial charge in [-0.2, -0.15) is 0 Å². The average Bonchev–Trinajstić information content (AvgIpc) is 3.73. The maximum atomic E-state index is 11.0. The molecule has 10 nitrogen and oxygen atoms in total. The van der Waals surface area contributed by atoms with Crippen LogP contribution in [0.4, 0.5) is 17.3 Å². The molecule has 0 saturated carbocycles. The van der Waals surface area contributed by atoms with Crippen LogP contribution in [-0.4, -0.2) is 88.1 Å². The number of para-hydroxylation sites is 1. The molecule has 2 N–H and O–H groups in total. The summed E-state index contributed by atoms with van der Waals surface area (Å²) < 4.78 is 0. The smallest absolute Gasteiger partial charge is 0.269 e. The predicted octanol–water partition coefficient (Wildman–Crippen LogP) is 6.69. The molecule has 3 aliphatic heterocycles. The van der Waals surface area contributed by atoms with Gasteiger partial charge in [-0.3, -0.25) is 10.1 Å². The molecule has 2 aromatic carbocycles. The zero-order valence-electron chi connectivity index (χ0n) is 26.3. The van der Waals surface area contributed by atoms with Crippen LogP contribution < -0.4 is 10.2 Å². The molecule has 0 aliphatic carbocycles. The first-order chi connectivity index (χ1) is 22.5. The Kier molecular flexibility index (Phi) is 9.37. The molecule has 3 aliphatic rings. The van der Waals surface area contributed by atoms with E-state index in [9.17, 15) is 10.1 Å². The number of anilines is 2. The normalized spacial score (nSPS) is 20.5. The van der Waals surface area contributed by atoms with Crippen molar-refractivity contribution >= 4 is 39.8 Å². The highest BCUT2D eigenvalue weighted by Crippen LogP contribution is 2.33. The highest BCUT2D eigenvalue weighted by molar-refractivity contribution is 6.33. The highest BCUT2D eigenvalue weighted by atomic mass is 35.5. The lowest BCUT2D eigenvalue weighted by Gasteiger charge is -2.38. The number of nitrogens with zero attached hydrogens (tertiary/aromatic N) is 6. The Morgan fingerprint density at radius 3 is 2.46 bits per heavy atom. The average molecular weight is 643 g/mol. The molecule has 2 aromatic heterocycles. The standard InChI is InChI=1S/C35H43ClN8O2/c36-32-22-38-35(40-34(32)31-21-37-33-4-2-1-3-30(31)33)39-27-14-18-42(24-27)17-11-25-9-15-41(16-10-25)23-26-12-19-43(20-13-26)28-5-7-29(8-6-28)44(45)46/h1-8,21-22,25-27,37H,9-20,23-24H2,(H,38,39,40). The number of hydrogen-bond acceptors (Lipinski definition) is 8. The maximum Gasteiger partial charge on any atom is 0.269 e. The van der Waals surface area contributed by atoms with Gasteiger partial charge in [-0.15, -0.1) is 0 Å². The molecule has 3 saturated heterocycles. The molecule has 0 amide bonds. The molecular weight excluding hydrogens is 600 g/mol. The Hall–Kier alpha value is -3.73. The molecule has 0 bridgehead atoms. The van der Waals surface area contributed by atoms with Gasteiger partial charge in [0.15, 0.2) is 0 Å². The second-order valence-corrected chi connectivity index (χ2v) is 13.7. The van der Waals surface area contributed by atoms with Crippen molar-refractivity contribution in [2.45, 2.75) is 44.6 Å². The third-order valence-electron chi connectivity index (χ3n) is 10.3. The van der Waals surface area contributed by atoms with Gasteiger partial charge >= 0.3 is 0 Å². The van der Waals surface area contributed by atoms with Crippen molar-refractivity contribution in [2.24, 2.45) is 11.8 Å². The van der Waals surface area contributed by atoms with Crippen LogP contribution in [0.3, 0.4) is 0 Å². The fraction of sp³-hybridized carbons (Fsp3) is 0.486. The number of nitro groups is 1. The van der Waals surface area contributed by atoms with Gasteiger partial charge in [-0.05, 0) is 88.2 Å². The summed E-state index contributed by atoms with van der Waals surface area (Å²) in [6, 6.07) is 15.5. The number of nitro benzene ring substituents is 1. The second kappa shape index (κ2) is 13.9. The summed E-state index contributed by atoms with van der Waals surface area (Å²) in [5, 5.41) is 16.2. The number of nitrogens with one attached hydrogen (secondary N) is 2. The van der Waals surface area contributed by atoms with Gasteiger partial charge in [-0.25, -0.2) is 9.97 Å². The topological polar surface area (TPSA) is 106 Å². The van der Waals surface area contributed by atoms with Gasteiger partial charge < -0.3 is 25.0 Å². The number of fused-ring (bicyclic) bond motifs is 1. The number of aromatic amines is 1. The van der Waals surface area contributed by atoms with E-state index in [1.165, 1.54) is 51.7 Å². The molecule has 242 valence electrons. The molecule has 1 unspecified atom stereocenters. The van der Waals surface area contributed by atoms with Crippen LogP contribution in [0.1, 0.15) is 38.5 Å². The van der Waals surface area contributed by atoms with Crippen LogP contribution in [0, 0.1) is 22.0 Å². The largest absolute Gasteiger partial charge is 0.372 e. The van der Waals surface area contributed by atoms with E-state index in [4.69, 9.17) is 16.6 Å². The van der Waals surface area contributed by atoms with Gasteiger partial charge in [0.2, 0.25) is 5.95 Å². The van der Waals surface area contributed by atoms with Crippen molar-refractivity contribution in [1.82, 2.24) is 24.8 Å². The summed E-state index contributed by atoms with van der Waals surface area (Å²) >= 11 is 6.54. The molecule has 4 aromatic rings. The molecule has 0 spiro atoms. The summed E-state index contributed by atoms with van der Waals surface area (Å²) in [5.41, 5.74) is 4.07. The van der Waals surface area contributed by atoms with Gasteiger partial charge in [0.1, 0.15) is 0 Å². The molecule has 7 rings (SSSR count). The van der Waals surface area contributed by atoms with Crippen molar-refractivity contribution in [3.05, 3.63) is 76.1 Å². The van der Waals surface area contributed by atoms with Crippen LogP contribution in [0.5, 0.6) is 0 Å². The number of hydrogen-bond donors (Lipinski definition) is 2. The van der Waals surface area contributed by atoms with Gasteiger partial charge in [0.25, 0.3) is 5.69 Å². The van der Waals surface area contributed by atoms with E-state index < -0.39 is 0 Å². The van der Waals surface area contributed by atoms with E-state index in [0.717, 1.165) is 78.8 Å². The number of halogens is 1. The van der Waals surface area contributed by atoms with Crippen molar-refractivity contribution in [3.63, 3.8) is 0 Å². The third kappa shape index (κ3) is 7.14. The number of piperidine rings is 2. The predicted molar refractivity (Wildman–Crippen MR) is 185 cm³/mol. The Balaban J connectivity index is 0.817. The molecule has 3 fully saturated rings. The fourth-order valence-electron chi connectivity index (χ4n) is 7.58. The van der Waals surface area contributed by atoms with Crippen LogP contribution in [0.2, 0.25) is 5.02 Å². The Morgan fingerprint density at radius 2 is 1.67 bits per heavy atom. The summed E-state index contributed by atoms with van der Waals surface area (Å²) in [5.74, 6) is 2.19. The molecule has 1 atom stereocenters. The fourth-order valence-corrected chi connectivity index (χ4v) is 7.77. The number of benzene rings is 2. The van der Waals surface area contributed by atoms with Crippen molar-refractivity contribution in [3.8, 4) is 11.3 Å². The van der Waals surface area contributed by atoms with Crippen LogP contribution in [0.15, 0.2) is 60.9 Å². The van der Waals surface area contributed by atoms with E-state index in [2.05, 4.69) is 42.1 Å². The lowest BCUT2D eigenvalue weighted by atomic mass is 9.91. The van der Waals surface area contributed by atoms with E-state index >= 15 is 0 Å². The zero-order valence-corrected chi connectivity index (χ0v) is 27.0. The summed E-state index contributed by atoms with van der Waals surface area (Å²) in [4.78, 5) is 30.9. The van der Waals surface area contributed by atoms with Crippen molar-refractivity contribution < 1.29 is 4.92 Å². The SMILES string of the molecule is O=[N+]([O-])c1ccc(N2CCC(CN3CCC(CCN4CCC(Nc5ncc(Cl)c(-c6c[nH]c7ccccc67)n5)C4)CC3)CC2)cc1. The van der Waals surface area contributed by atoms with Crippen LogP contribution >= 0.6 is 11.6 Å². The monoisotopic (exact) mass is 642 g/mol. The first-order valence-electron chi connectivity index (χ1n) is 16.8. The minimum Gasteiger partial charge on any atom is -0.372 e. The first-order valence-corrected chi connectivity index (χ1v) is 17.2. The third-order valence-corrected chi connectivity index (χ3v) is 10.6. The molecule has 46 heavy (non-hydrogen) atoms. The van der Waals surface area contributed by atoms with Crippen LogP contribution in [-0.2, 0) is 0 Å². The number of aromatic nitrogens is 3. The van der Waals surface area contributed by atoms with Gasteiger partial charge in [0, 0.05) is 79.2 Å². The molecule has 0 radical (unpaired) electrons. The summed E-state index contributed by atoms with van der Waals surface area (Å²) in [7, 11) is 0. The lowest BCUT2D eigenvalue weighted by Crippen LogP contribution is -2.42. The highest BCUT2D eigenvalue weighted by Gasteiger charge is 2.27. The summed E-state index contributed by atoms with van der Waals surface area (Å²) in [6.07, 6.45) is 11.0. The Morgan fingerprint density at radius 1 is 0.935 bits per heavy atom. The van der Waals surface area contributed by atoms with Crippen LogP contribution in [0.25, 0.3) is 22.2 Å². The second-order valence-electron chi connectivity index (χ2n) is 13.3. The van der Waals surface area contributed by atoms with E-state index in [-0.39, 0.29) is 10.6 Å². The van der Waals surface area contributed by atoms with Gasteiger partial charge in [0.05, 0.1) is 21.8 Å². The summed E-state index contributed by atoms with van der Waals surface area (Å²) in [6.45, 7) is 8.97. The first kappa shape index (κ1) is 30.9. The quantitative estimate of drug-likeness (QED) is 0.146. The lowest BCUT2D eigenvalue weighted by molar-refractivity contribution is -0.384. The van der Waals surface area contributed by atoms with Crippen molar-refractivity contribution in [2.75, 3.05) is 62.6 Å². The van der Waals surface area contributed by atoms with Gasteiger partial charge in [-0.1, -0.05) is 29.8 Å².